The molecule has 392 valence electrons. The maximum absolute atomic E-state index is 13.4. The van der Waals surface area contributed by atoms with Crippen molar-refractivity contribution in [2.45, 2.75) is 19.6 Å². The van der Waals surface area contributed by atoms with Crippen molar-refractivity contribution >= 4 is 126 Å². The number of rotatable bonds is 14. The van der Waals surface area contributed by atoms with E-state index in [-0.39, 0.29) is 174 Å². The Bertz CT molecular complexity index is 4020. The summed E-state index contributed by atoms with van der Waals surface area (Å²) in [5.74, 6) is -3.29. The maximum Gasteiger partial charge on any atom is 1.00 e. The molecule has 8 rings (SSSR count). The van der Waals surface area contributed by atoms with Crippen LogP contribution in [-0.2, 0) is 54.6 Å². The monoisotopic (exact) mass is 1200 g/mol. The zero-order valence-corrected chi connectivity index (χ0v) is 53.9. The van der Waals surface area contributed by atoms with Crippen LogP contribution in [0.5, 0.6) is 0 Å². The summed E-state index contributed by atoms with van der Waals surface area (Å²) in [5.41, 5.74) is -0.751. The molecule has 2 aromatic heterocycles. The van der Waals surface area contributed by atoms with Gasteiger partial charge in [-0.15, -0.1) is 0 Å². The van der Waals surface area contributed by atoms with E-state index in [1.807, 2.05) is 0 Å². The Labute approximate surface area is 544 Å². The van der Waals surface area contributed by atoms with E-state index in [9.17, 15) is 75.9 Å². The number of nitrogens with one attached hydrogen (secondary N) is 6. The summed E-state index contributed by atoms with van der Waals surface area (Å²) in [6.07, 6.45) is 2.81. The van der Waals surface area contributed by atoms with Crippen molar-refractivity contribution in [2.75, 3.05) is 31.9 Å². The first kappa shape index (κ1) is 67.7. The number of benzene rings is 6. The largest absolute Gasteiger partial charge is 1.00 e. The fourth-order valence-electron chi connectivity index (χ4n) is 8.04. The Kier molecular flexibility index (Phi) is 22.5. The minimum Gasteiger partial charge on any atom is -0.744 e. The van der Waals surface area contributed by atoms with Crippen LogP contribution in [0, 0.1) is 0 Å². The summed E-state index contributed by atoms with van der Waals surface area (Å²) in [6, 6.07) is 22.8. The standard InChI is InChI=1S/C47H38N8O17S4.4Na/c1-54-23-29(21-37(54)45(58)48-27-9-3-7-25(19-27)43(56)52-35-17-15-31-33(41(35)75(67,68)69)11-5-13-39(31)73(61,62)63)50-47(60)51-30-22-38(55(2)24-30)46(59)49-28-10-4-8-26(20-28)44(57)53-36-18-16-32-34(42(36)76(70,71)72)12-6-14-40(32)74(64,65)66;;;;/h3-24H,1-2H3,(H,48,58)(H,49,59)(H,52,56)(H,53,57)(H2,50,51,60)(H,61,62,63)(H,64,65,66)(H,67,68,69)(H,70,71,72);;;;/q;4*+1/p-4. The quantitative estimate of drug-likeness (QED) is 0.0435. The molecule has 25 nitrogen and oxygen atoms in total. The number of anilines is 6. The van der Waals surface area contributed by atoms with Crippen LogP contribution in [0.3, 0.4) is 0 Å². The molecule has 80 heavy (non-hydrogen) atoms. The number of hydrogen-bond acceptors (Lipinski definition) is 17. The number of fused-ring (bicyclic) bond motifs is 2. The molecule has 0 aliphatic carbocycles. The van der Waals surface area contributed by atoms with Gasteiger partial charge in [-0.05, 0) is 72.8 Å². The van der Waals surface area contributed by atoms with Gasteiger partial charge in [-0.3, -0.25) is 19.2 Å². The molecule has 0 spiro atoms. The van der Waals surface area contributed by atoms with Crippen LogP contribution in [0.1, 0.15) is 41.7 Å². The number of aromatic nitrogens is 2. The molecular formula is C47H34N8Na4O17S4. The van der Waals surface area contributed by atoms with Crippen molar-refractivity contribution in [3.63, 3.8) is 0 Å². The number of amides is 6. The predicted molar refractivity (Wildman–Crippen MR) is 268 cm³/mol. The molecule has 0 aliphatic rings. The van der Waals surface area contributed by atoms with E-state index in [1.54, 1.807) is 0 Å². The third-order valence-corrected chi connectivity index (χ3v) is 14.9. The van der Waals surface area contributed by atoms with Crippen LogP contribution in [0.25, 0.3) is 21.5 Å². The summed E-state index contributed by atoms with van der Waals surface area (Å²) in [4.78, 5) is 63.1. The summed E-state index contributed by atoms with van der Waals surface area (Å²) in [6.45, 7) is 0. The third-order valence-electron chi connectivity index (χ3n) is 11.2. The summed E-state index contributed by atoms with van der Waals surface area (Å²) in [5, 5.41) is 13.4. The first-order valence-electron chi connectivity index (χ1n) is 21.4. The molecule has 8 aromatic rings. The molecule has 2 heterocycles. The van der Waals surface area contributed by atoms with Gasteiger partial charge in [0.15, 0.2) is 0 Å². The zero-order chi connectivity index (χ0) is 55.2. The second-order valence-electron chi connectivity index (χ2n) is 16.4. The summed E-state index contributed by atoms with van der Waals surface area (Å²) in [7, 11) is -17.9. The van der Waals surface area contributed by atoms with Crippen LogP contribution in [0.15, 0.2) is 153 Å². The van der Waals surface area contributed by atoms with Gasteiger partial charge in [0, 0.05) is 70.5 Å². The molecule has 0 unspecified atom stereocenters. The number of nitrogens with zero attached hydrogens (tertiary/aromatic N) is 2. The van der Waals surface area contributed by atoms with Crippen molar-refractivity contribution < 1.29 is 194 Å². The van der Waals surface area contributed by atoms with Crippen LogP contribution in [-0.4, -0.2) is 90.7 Å². The van der Waals surface area contributed by atoms with Crippen LogP contribution >= 0.6 is 0 Å². The number of carbonyl (C=O) groups is 5. The van der Waals surface area contributed by atoms with Gasteiger partial charge < -0.3 is 59.2 Å². The topological polar surface area (TPSA) is 396 Å². The van der Waals surface area contributed by atoms with Crippen molar-refractivity contribution in [2.24, 2.45) is 14.1 Å². The number of hydrogen-bond donors (Lipinski definition) is 6. The summed E-state index contributed by atoms with van der Waals surface area (Å²) >= 11 is 0. The normalized spacial score (nSPS) is 11.4. The van der Waals surface area contributed by atoms with Gasteiger partial charge in [-0.2, -0.15) is 0 Å². The molecule has 0 atom stereocenters. The maximum atomic E-state index is 13.4. The van der Waals surface area contributed by atoms with Gasteiger partial charge in [0.25, 0.3) is 23.6 Å². The smallest absolute Gasteiger partial charge is 0.744 e. The van der Waals surface area contributed by atoms with Crippen molar-refractivity contribution in [3.8, 4) is 0 Å². The van der Waals surface area contributed by atoms with E-state index < -0.39 is 112 Å². The number of urea groups is 1. The molecular weight excluding hydrogens is 1170 g/mol. The zero-order valence-electron chi connectivity index (χ0n) is 42.7. The molecule has 0 radical (unpaired) electrons. The Morgan fingerprint density at radius 1 is 0.375 bits per heavy atom. The summed E-state index contributed by atoms with van der Waals surface area (Å²) < 4.78 is 148. The second kappa shape index (κ2) is 26.6. The average molecular weight is 1200 g/mol. The van der Waals surface area contributed by atoms with Gasteiger partial charge in [0.1, 0.15) is 51.9 Å². The Hall–Kier alpha value is -4.81. The molecule has 0 fully saturated rings. The fraction of sp³-hybridized carbons (Fsp3) is 0.0426. The van der Waals surface area contributed by atoms with E-state index in [2.05, 4.69) is 31.9 Å². The second-order valence-corrected chi connectivity index (χ2v) is 21.7. The van der Waals surface area contributed by atoms with Gasteiger partial charge in [0.2, 0.25) is 0 Å². The molecule has 6 N–H and O–H groups in total. The van der Waals surface area contributed by atoms with E-state index >= 15 is 0 Å². The van der Waals surface area contributed by atoms with Crippen molar-refractivity contribution in [1.29, 1.82) is 0 Å². The predicted octanol–water partition coefficient (Wildman–Crippen LogP) is -7.04. The Balaban J connectivity index is 0.00000344. The molecule has 0 saturated heterocycles. The van der Waals surface area contributed by atoms with E-state index in [0.29, 0.717) is 0 Å². The molecule has 0 aliphatic heterocycles. The van der Waals surface area contributed by atoms with E-state index in [4.69, 9.17) is 0 Å². The van der Waals surface area contributed by atoms with Gasteiger partial charge in [-0.25, -0.2) is 38.5 Å². The van der Waals surface area contributed by atoms with Crippen molar-refractivity contribution in [3.05, 3.63) is 156 Å². The minimum absolute atomic E-state index is 0. The molecule has 6 amide bonds. The molecule has 33 heteroatoms. The average Bonchev–Trinajstić information content (AvgIpc) is 3.89. The first-order chi connectivity index (χ1) is 35.6. The van der Waals surface area contributed by atoms with Crippen LogP contribution in [0.4, 0.5) is 38.9 Å². The van der Waals surface area contributed by atoms with Gasteiger partial charge in [-0.1, -0.05) is 48.5 Å². The van der Waals surface area contributed by atoms with Gasteiger partial charge >= 0.3 is 124 Å². The molecule has 6 aromatic carbocycles. The third kappa shape index (κ3) is 15.4. The molecule has 0 saturated carbocycles. The van der Waals surface area contributed by atoms with Crippen LogP contribution in [0.2, 0.25) is 0 Å². The Morgan fingerprint density at radius 2 is 0.725 bits per heavy atom. The Morgan fingerprint density at radius 3 is 1.06 bits per heavy atom. The van der Waals surface area contributed by atoms with Gasteiger partial charge in [0.05, 0.1) is 42.3 Å². The number of carbonyl (C=O) groups excluding carboxylic acids is 5. The minimum atomic E-state index is -5.37. The SMILES string of the molecule is Cn1cc(NC(=O)Nc2cc(C(=O)Nc3cccc(C(=O)Nc4ccc5c(S(=O)(=O)[O-])cccc5c4S(=O)(=O)[O-])c3)n(C)c2)cc1C(=O)Nc1cccc(C(=O)Nc2ccc3c(S(=O)(=O)[O-])cccc3c2S(=O)(=O)[O-])c1.[Na+].[Na+].[Na+].[Na+]. The number of aryl methyl sites for hydroxylation is 2. The molecule has 0 bridgehead atoms. The van der Waals surface area contributed by atoms with E-state index in [1.165, 1.54) is 96.3 Å². The van der Waals surface area contributed by atoms with Crippen LogP contribution < -0.4 is 150 Å². The first-order valence-corrected chi connectivity index (χ1v) is 27.0. The fourth-order valence-corrected chi connectivity index (χ4v) is 11.1. The van der Waals surface area contributed by atoms with Crippen molar-refractivity contribution in [1.82, 2.24) is 9.13 Å². The van der Waals surface area contributed by atoms with E-state index in [0.717, 1.165) is 60.7 Å².